The van der Waals surface area contributed by atoms with Gasteiger partial charge in [0, 0.05) is 17.9 Å². The molecule has 0 amide bonds. The van der Waals surface area contributed by atoms with Crippen LogP contribution in [-0.4, -0.2) is 36.0 Å². The molecule has 2 atom stereocenters. The van der Waals surface area contributed by atoms with Crippen molar-refractivity contribution in [2.75, 3.05) is 26.3 Å². The summed E-state index contributed by atoms with van der Waals surface area (Å²) in [6.07, 6.45) is 1.93. The first-order valence-electron chi connectivity index (χ1n) is 4.66. The Kier molecular flexibility index (Phi) is 4.51. The zero-order valence-electron chi connectivity index (χ0n) is 7.60. The minimum absolute atomic E-state index is 0.182. The molecule has 0 bridgehead atoms. The fourth-order valence-corrected chi connectivity index (χ4v) is 2.25. The third-order valence-corrected chi connectivity index (χ3v) is 3.75. The Bertz CT molecular complexity index is 130. The summed E-state index contributed by atoms with van der Waals surface area (Å²) in [5.41, 5.74) is 0. The van der Waals surface area contributed by atoms with Crippen molar-refractivity contribution in [1.82, 2.24) is 4.90 Å². The van der Waals surface area contributed by atoms with Gasteiger partial charge in [0.05, 0.1) is 6.67 Å². The van der Waals surface area contributed by atoms with Crippen LogP contribution >= 0.6 is 15.9 Å². The van der Waals surface area contributed by atoms with Crippen LogP contribution < -0.4 is 0 Å². The molecule has 12 heavy (non-hydrogen) atoms. The summed E-state index contributed by atoms with van der Waals surface area (Å²) in [4.78, 5) is 2.95. The monoisotopic (exact) mass is 237 g/mol. The third-order valence-electron chi connectivity index (χ3n) is 2.56. The molecule has 2 unspecified atom stereocenters. The van der Waals surface area contributed by atoms with Gasteiger partial charge in [-0.3, -0.25) is 4.39 Å². The summed E-state index contributed by atoms with van der Waals surface area (Å²) in [6, 6.07) is 0. The Morgan fingerprint density at radius 3 is 2.92 bits per heavy atom. The van der Waals surface area contributed by atoms with Gasteiger partial charge >= 0.3 is 0 Å². The molecule has 0 aliphatic carbocycles. The first-order valence-corrected chi connectivity index (χ1v) is 5.58. The van der Waals surface area contributed by atoms with Gasteiger partial charge in [-0.2, -0.15) is 0 Å². The minimum atomic E-state index is -0.182. The lowest BCUT2D eigenvalue weighted by molar-refractivity contribution is 0.194. The lowest BCUT2D eigenvalue weighted by Gasteiger charge is -2.33. The molecular formula is C9H17BrFN. The number of piperidine rings is 1. The minimum Gasteiger partial charge on any atom is -0.302 e. The number of likely N-dealkylation sites (tertiary alicyclic amines) is 1. The van der Waals surface area contributed by atoms with Crippen LogP contribution in [0.4, 0.5) is 4.39 Å². The SMILES string of the molecule is CC1CCN(CCCF)CC1Br. The van der Waals surface area contributed by atoms with E-state index in [1.165, 1.54) is 6.42 Å². The highest BCUT2D eigenvalue weighted by Crippen LogP contribution is 2.23. The lowest BCUT2D eigenvalue weighted by atomic mass is 9.99. The summed E-state index contributed by atoms with van der Waals surface area (Å²) in [7, 11) is 0. The van der Waals surface area contributed by atoms with E-state index < -0.39 is 0 Å². The molecule has 0 radical (unpaired) electrons. The molecule has 1 heterocycles. The number of halogens is 2. The van der Waals surface area contributed by atoms with E-state index in [1.807, 2.05) is 0 Å². The van der Waals surface area contributed by atoms with Gasteiger partial charge in [-0.25, -0.2) is 0 Å². The Hall–Kier alpha value is 0.370. The largest absolute Gasteiger partial charge is 0.302 e. The Balaban J connectivity index is 2.21. The predicted octanol–water partition coefficient (Wildman–Crippen LogP) is 2.45. The van der Waals surface area contributed by atoms with Gasteiger partial charge in [0.2, 0.25) is 0 Å². The van der Waals surface area contributed by atoms with Crippen molar-refractivity contribution in [1.29, 1.82) is 0 Å². The predicted molar refractivity (Wildman–Crippen MR) is 53.5 cm³/mol. The molecule has 0 aromatic rings. The van der Waals surface area contributed by atoms with Crippen LogP contribution in [0, 0.1) is 5.92 Å². The average Bonchev–Trinajstić information content (AvgIpc) is 2.07. The molecule has 1 rings (SSSR count). The Labute approximate surface area is 82.4 Å². The molecule has 1 aliphatic heterocycles. The van der Waals surface area contributed by atoms with E-state index >= 15 is 0 Å². The second-order valence-electron chi connectivity index (χ2n) is 3.63. The van der Waals surface area contributed by atoms with E-state index in [-0.39, 0.29) is 6.67 Å². The Morgan fingerprint density at radius 1 is 1.58 bits per heavy atom. The maximum absolute atomic E-state index is 11.9. The molecule has 0 aromatic carbocycles. The van der Waals surface area contributed by atoms with Gasteiger partial charge in [0.25, 0.3) is 0 Å². The summed E-state index contributed by atoms with van der Waals surface area (Å²) >= 11 is 3.65. The van der Waals surface area contributed by atoms with Gasteiger partial charge in [-0.15, -0.1) is 0 Å². The van der Waals surface area contributed by atoms with E-state index in [0.29, 0.717) is 11.2 Å². The van der Waals surface area contributed by atoms with Crippen molar-refractivity contribution >= 4 is 15.9 Å². The molecule has 1 nitrogen and oxygen atoms in total. The van der Waals surface area contributed by atoms with Crippen molar-refractivity contribution in [3.8, 4) is 0 Å². The second kappa shape index (κ2) is 5.18. The lowest BCUT2D eigenvalue weighted by Crippen LogP contribution is -2.40. The third kappa shape index (κ3) is 3.02. The number of rotatable bonds is 3. The average molecular weight is 238 g/mol. The molecule has 72 valence electrons. The highest BCUT2D eigenvalue weighted by Gasteiger charge is 2.23. The summed E-state index contributed by atoms with van der Waals surface area (Å²) < 4.78 is 11.9. The molecule has 0 saturated carbocycles. The first kappa shape index (κ1) is 10.5. The number of hydrogen-bond acceptors (Lipinski definition) is 1. The maximum atomic E-state index is 11.9. The van der Waals surface area contributed by atoms with Crippen LogP contribution in [-0.2, 0) is 0 Å². The van der Waals surface area contributed by atoms with Crippen LogP contribution in [0.5, 0.6) is 0 Å². The second-order valence-corrected chi connectivity index (χ2v) is 4.80. The molecule has 3 heteroatoms. The molecule has 1 fully saturated rings. The fourth-order valence-electron chi connectivity index (χ4n) is 1.57. The normalized spacial score (nSPS) is 32.2. The zero-order valence-corrected chi connectivity index (χ0v) is 9.19. The van der Waals surface area contributed by atoms with Crippen molar-refractivity contribution in [2.24, 2.45) is 5.92 Å². The van der Waals surface area contributed by atoms with Gasteiger partial charge in [-0.1, -0.05) is 22.9 Å². The van der Waals surface area contributed by atoms with E-state index in [0.717, 1.165) is 25.6 Å². The van der Waals surface area contributed by atoms with Crippen LogP contribution in [0.1, 0.15) is 19.8 Å². The van der Waals surface area contributed by atoms with Crippen LogP contribution in [0.25, 0.3) is 0 Å². The zero-order chi connectivity index (χ0) is 8.97. The van der Waals surface area contributed by atoms with Crippen LogP contribution in [0.2, 0.25) is 0 Å². The van der Waals surface area contributed by atoms with Gasteiger partial charge < -0.3 is 4.90 Å². The van der Waals surface area contributed by atoms with Crippen molar-refractivity contribution in [3.05, 3.63) is 0 Å². The summed E-state index contributed by atoms with van der Waals surface area (Å²) in [5, 5.41) is 0. The molecule has 0 spiro atoms. The first-order chi connectivity index (χ1) is 5.74. The molecule has 1 saturated heterocycles. The van der Waals surface area contributed by atoms with Crippen molar-refractivity contribution in [3.63, 3.8) is 0 Å². The van der Waals surface area contributed by atoms with Gasteiger partial charge in [0.1, 0.15) is 0 Å². The number of nitrogens with zero attached hydrogens (tertiary/aromatic N) is 1. The number of alkyl halides is 2. The quantitative estimate of drug-likeness (QED) is 0.682. The van der Waals surface area contributed by atoms with E-state index in [4.69, 9.17) is 0 Å². The maximum Gasteiger partial charge on any atom is 0.0906 e. The van der Waals surface area contributed by atoms with Gasteiger partial charge in [0.15, 0.2) is 0 Å². The summed E-state index contributed by atoms with van der Waals surface area (Å²) in [6.45, 7) is 5.24. The standard InChI is InChI=1S/C9H17BrFN/c1-8-3-6-12(5-2-4-11)7-9(8)10/h8-9H,2-7H2,1H3. The Morgan fingerprint density at radius 2 is 2.33 bits per heavy atom. The smallest absolute Gasteiger partial charge is 0.0906 e. The molecule has 1 aliphatic rings. The van der Waals surface area contributed by atoms with Crippen molar-refractivity contribution in [2.45, 2.75) is 24.6 Å². The van der Waals surface area contributed by atoms with E-state index in [1.54, 1.807) is 0 Å². The van der Waals surface area contributed by atoms with Gasteiger partial charge in [-0.05, 0) is 25.3 Å². The topological polar surface area (TPSA) is 3.24 Å². The van der Waals surface area contributed by atoms with Crippen LogP contribution in [0.3, 0.4) is 0 Å². The number of hydrogen-bond donors (Lipinski definition) is 0. The molecular weight excluding hydrogens is 221 g/mol. The summed E-state index contributed by atoms with van der Waals surface area (Å²) in [5.74, 6) is 0.770. The highest BCUT2D eigenvalue weighted by atomic mass is 79.9. The van der Waals surface area contributed by atoms with E-state index in [2.05, 4.69) is 27.8 Å². The van der Waals surface area contributed by atoms with Crippen molar-refractivity contribution < 1.29 is 4.39 Å². The highest BCUT2D eigenvalue weighted by molar-refractivity contribution is 9.09. The fraction of sp³-hybridized carbons (Fsp3) is 1.00. The molecule has 0 aromatic heterocycles. The molecule has 0 N–H and O–H groups in total. The van der Waals surface area contributed by atoms with E-state index in [9.17, 15) is 4.39 Å². The van der Waals surface area contributed by atoms with Crippen LogP contribution in [0.15, 0.2) is 0 Å².